The van der Waals surface area contributed by atoms with Crippen LogP contribution >= 0.6 is 11.6 Å². The van der Waals surface area contributed by atoms with Gasteiger partial charge in [0.2, 0.25) is 17.2 Å². The fourth-order valence-corrected chi connectivity index (χ4v) is 7.79. The fourth-order valence-electron chi connectivity index (χ4n) is 7.69. The summed E-state index contributed by atoms with van der Waals surface area (Å²) >= 11 is 5.22. The van der Waals surface area contributed by atoms with Crippen LogP contribution in [0.4, 0.5) is 65.0 Å². The minimum absolute atomic E-state index is 0. The van der Waals surface area contributed by atoms with Gasteiger partial charge in [0.15, 0.2) is 17.5 Å². The Kier molecular flexibility index (Phi) is 25.2. The predicted octanol–water partition coefficient (Wildman–Crippen LogP) is 5.77. The van der Waals surface area contributed by atoms with Crippen molar-refractivity contribution >= 4 is 52.9 Å². The molecule has 3 aromatic rings. The molecule has 4 aliphatic heterocycles. The number of carboxylic acids is 1. The maximum atomic E-state index is 14.1. The van der Waals surface area contributed by atoms with Crippen molar-refractivity contribution in [3.63, 3.8) is 0 Å². The van der Waals surface area contributed by atoms with Crippen molar-refractivity contribution in [2.75, 3.05) is 62.2 Å². The fraction of sp³-hybridized carbons (Fsp3) is 0.646. The molecule has 0 bridgehead atoms. The number of anilines is 2. The van der Waals surface area contributed by atoms with Crippen molar-refractivity contribution in [2.24, 2.45) is 21.7 Å². The number of carboxylic acid groups (broad SMARTS) is 1. The summed E-state index contributed by atoms with van der Waals surface area (Å²) in [5, 5.41) is 11.6. The number of ether oxygens (including phenoxy) is 1. The molecule has 7 rings (SSSR count). The number of hydrogen-bond donors (Lipinski definition) is 2. The molecular weight excluding hydrogens is 1110 g/mol. The Morgan fingerprint density at radius 3 is 1.19 bits per heavy atom. The first-order chi connectivity index (χ1) is 35.1. The third kappa shape index (κ3) is 17.8. The van der Waals surface area contributed by atoms with E-state index in [4.69, 9.17) is 21.4 Å². The molecule has 0 aliphatic carbocycles. The maximum absolute atomic E-state index is 14.1. The third-order valence-corrected chi connectivity index (χ3v) is 14.2. The largest absolute Gasteiger partial charge is 1.00 e. The normalized spacial score (nSPS) is 25.3. The first-order valence-corrected chi connectivity index (χ1v) is 24.0. The van der Waals surface area contributed by atoms with E-state index in [-0.39, 0.29) is 104 Å². The second kappa shape index (κ2) is 27.7. The van der Waals surface area contributed by atoms with Gasteiger partial charge in [0.25, 0.3) is 23.7 Å². The molecule has 4 saturated heterocycles. The second-order valence-electron chi connectivity index (χ2n) is 20.6. The SMILES string of the molecule is CC(=O)C1(C)CCN(C(=O)OC(C)(C)C)CC1(F)F.CC(=O)C1(C)CCN(c2ncc(F)cn2)CC1(F)F.CC(=O)C1(C)CCNCC1(F)F.CC1(C(=O)O)CCN(c2ncc(F)cn2)CC1(F)F.Fc1cnc(Cl)nc1.[Na+].[OH-]. The molecule has 0 radical (unpaired) electrons. The van der Waals surface area contributed by atoms with E-state index < -0.39 is 117 Å². The summed E-state index contributed by atoms with van der Waals surface area (Å²) in [6, 6.07) is 0. The second-order valence-corrected chi connectivity index (χ2v) is 21.0. The van der Waals surface area contributed by atoms with Crippen LogP contribution in [0, 0.1) is 39.1 Å². The first kappa shape index (κ1) is 72.0. The Labute approximate surface area is 476 Å². The summed E-state index contributed by atoms with van der Waals surface area (Å²) < 4.78 is 153. The van der Waals surface area contributed by atoms with Gasteiger partial charge < -0.3 is 35.3 Å². The van der Waals surface area contributed by atoms with Crippen LogP contribution in [0.3, 0.4) is 0 Å². The van der Waals surface area contributed by atoms with E-state index in [0.717, 1.165) is 60.8 Å². The number of likely N-dealkylation sites (tertiary alicyclic amines) is 1. The molecule has 3 aromatic heterocycles. The van der Waals surface area contributed by atoms with Gasteiger partial charge in [-0.25, -0.2) is 83.0 Å². The number of halogens is 12. The van der Waals surface area contributed by atoms with Gasteiger partial charge in [-0.05, 0) is 113 Å². The number of rotatable bonds is 6. The van der Waals surface area contributed by atoms with Gasteiger partial charge in [0.1, 0.15) is 28.4 Å². The number of piperidine rings is 4. The summed E-state index contributed by atoms with van der Waals surface area (Å²) in [5.41, 5.74) is -7.66. The molecule has 79 heavy (non-hydrogen) atoms. The zero-order chi connectivity index (χ0) is 59.0. The van der Waals surface area contributed by atoms with Gasteiger partial charge in [0, 0.05) is 19.6 Å². The summed E-state index contributed by atoms with van der Waals surface area (Å²) in [7, 11) is 0. The van der Waals surface area contributed by atoms with Crippen molar-refractivity contribution in [1.29, 1.82) is 0 Å². The minimum Gasteiger partial charge on any atom is -0.870 e. The molecule has 0 spiro atoms. The van der Waals surface area contributed by atoms with Crippen LogP contribution in [0.2, 0.25) is 5.28 Å². The quantitative estimate of drug-likeness (QED) is 0.169. The molecule has 0 aromatic carbocycles. The standard InChI is InChI=1S/C13H21F2NO3.C12H14F3N3O.C11H12F3N3O2.C8H13F2NO.C4H2ClFN2.Na.H2O/c1-9(17)12(5)6-7-16(8-13(12,14)15)10(18)19-11(2,3)4;1-8(19)11(2)3-4-18(7-12(11,14)15)10-16-5-9(13)6-17-10;1-10(8(18)19)2-3-17(6-11(10,13)14)9-15-4-7(12)5-16-9;1-6(12)7(2)3-4-11-5-8(7,9)10;5-4-7-1-3(6)2-8-4;;/h6-8H2,1-5H3;5-6H,3-4,7H2,1-2H3;4-5H,2-3,6H2,1H3,(H,18,19);11H,3-5H2,1-2H3;1-2H;;1H2/q;;;;;+1;/p-1. The molecule has 3 N–H and O–H groups in total. The Morgan fingerprint density at radius 1 is 0.570 bits per heavy atom. The summed E-state index contributed by atoms with van der Waals surface area (Å²) in [5.74, 6) is -17.5. The monoisotopic (exact) mass is 1170 g/mol. The number of alkyl halides is 8. The van der Waals surface area contributed by atoms with Crippen molar-refractivity contribution < 1.29 is 117 Å². The molecule has 18 nitrogen and oxygen atoms in total. The van der Waals surface area contributed by atoms with E-state index in [1.165, 1.54) is 39.5 Å². The van der Waals surface area contributed by atoms with Crippen LogP contribution in [0.15, 0.2) is 37.2 Å². The predicted molar refractivity (Wildman–Crippen MR) is 258 cm³/mol. The van der Waals surface area contributed by atoms with Crippen LogP contribution in [-0.4, -0.2) is 156 Å². The van der Waals surface area contributed by atoms with Gasteiger partial charge in [-0.2, -0.15) is 0 Å². The molecule has 4 fully saturated rings. The Balaban J connectivity index is 0.000000504. The maximum Gasteiger partial charge on any atom is 1.00 e. The minimum atomic E-state index is -3.42. The van der Waals surface area contributed by atoms with Crippen LogP contribution in [0.25, 0.3) is 0 Å². The molecule has 4 aliphatic rings. The number of aromatic nitrogens is 6. The number of nitrogens with one attached hydrogen (secondary N) is 1. The number of carbonyl (C=O) groups is 5. The van der Waals surface area contributed by atoms with Crippen LogP contribution < -0.4 is 44.7 Å². The van der Waals surface area contributed by atoms with Gasteiger partial charge >= 0.3 is 41.6 Å². The summed E-state index contributed by atoms with van der Waals surface area (Å²) in [4.78, 5) is 81.4. The average molecular weight is 1180 g/mol. The number of ketones is 3. The molecule has 1 amide bonds. The zero-order valence-corrected chi connectivity index (χ0v) is 48.1. The van der Waals surface area contributed by atoms with Gasteiger partial charge in [-0.15, -0.1) is 0 Å². The van der Waals surface area contributed by atoms with E-state index in [0.29, 0.717) is 6.54 Å². The first-order valence-electron chi connectivity index (χ1n) is 23.6. The molecule has 4 atom stereocenters. The number of hydrogen-bond acceptors (Lipinski definition) is 16. The van der Waals surface area contributed by atoms with E-state index in [9.17, 15) is 72.3 Å². The Morgan fingerprint density at radius 2 is 0.899 bits per heavy atom. The molecule has 7 heterocycles. The Bertz CT molecular complexity index is 2440. The van der Waals surface area contributed by atoms with Crippen LogP contribution in [0.5, 0.6) is 0 Å². The molecule has 4 unspecified atom stereocenters. The number of amides is 1. The van der Waals surface area contributed by atoms with Crippen LogP contribution in [0.1, 0.15) is 94.9 Å². The van der Waals surface area contributed by atoms with E-state index in [1.54, 1.807) is 20.8 Å². The summed E-state index contributed by atoms with van der Waals surface area (Å²) in [6.07, 6.45) is 4.80. The van der Waals surface area contributed by atoms with Gasteiger partial charge in [-0.3, -0.25) is 19.2 Å². The van der Waals surface area contributed by atoms with E-state index in [1.807, 2.05) is 0 Å². The van der Waals surface area contributed by atoms with Crippen LogP contribution in [-0.2, 0) is 23.9 Å². The molecule has 438 valence electrons. The molecular formula is C48H63ClF11N10NaO8. The van der Waals surface area contributed by atoms with E-state index in [2.05, 4.69) is 35.2 Å². The zero-order valence-electron chi connectivity index (χ0n) is 45.4. The number of aliphatic carboxylic acids is 1. The molecule has 0 saturated carbocycles. The van der Waals surface area contributed by atoms with Crippen molar-refractivity contribution in [1.82, 2.24) is 40.1 Å². The smallest absolute Gasteiger partial charge is 0.870 e. The van der Waals surface area contributed by atoms with E-state index >= 15 is 0 Å². The third-order valence-electron chi connectivity index (χ3n) is 14.0. The van der Waals surface area contributed by atoms with Gasteiger partial charge in [-0.1, -0.05) is 0 Å². The van der Waals surface area contributed by atoms with Crippen molar-refractivity contribution in [3.8, 4) is 0 Å². The number of nitrogens with zero attached hydrogens (tertiary/aromatic N) is 9. The van der Waals surface area contributed by atoms with Gasteiger partial charge in [0.05, 0.1) is 79.6 Å². The number of Topliss-reactive ketones (excluding diaryl/α,β-unsaturated/α-hetero) is 3. The topological polar surface area (TPSA) is 244 Å². The molecule has 31 heteroatoms. The average Bonchev–Trinajstić information content (AvgIpc) is 3.31. The number of carbonyl (C=O) groups excluding carboxylic acids is 4. The van der Waals surface area contributed by atoms with Crippen molar-refractivity contribution in [3.05, 3.63) is 59.9 Å². The Hall–Kier alpha value is -4.97. The van der Waals surface area contributed by atoms with Crippen molar-refractivity contribution in [2.45, 2.75) is 124 Å². The summed E-state index contributed by atoms with van der Waals surface area (Å²) in [6.45, 7) is 11.8.